The minimum absolute atomic E-state index is 0.141. The molecule has 3 N–H and O–H groups in total. The zero-order valence-electron chi connectivity index (χ0n) is 16.1. The molecule has 3 amide bonds. The van der Waals surface area contributed by atoms with Gasteiger partial charge >= 0.3 is 6.03 Å². The van der Waals surface area contributed by atoms with Gasteiger partial charge in [-0.1, -0.05) is 60.7 Å². The van der Waals surface area contributed by atoms with E-state index in [4.69, 9.17) is 5.73 Å². The van der Waals surface area contributed by atoms with Gasteiger partial charge in [0, 0.05) is 39.1 Å². The molecule has 6 heteroatoms. The lowest BCUT2D eigenvalue weighted by atomic mass is 9.96. The second-order valence-corrected chi connectivity index (χ2v) is 7.04. The Morgan fingerprint density at radius 3 is 1.93 bits per heavy atom. The van der Waals surface area contributed by atoms with Gasteiger partial charge in [-0.3, -0.25) is 9.69 Å². The van der Waals surface area contributed by atoms with E-state index in [1.54, 1.807) is 0 Å². The molecule has 6 nitrogen and oxygen atoms in total. The van der Waals surface area contributed by atoms with E-state index in [0.29, 0.717) is 19.4 Å². The minimum Gasteiger partial charge on any atom is -0.352 e. The van der Waals surface area contributed by atoms with Crippen molar-refractivity contribution >= 4 is 11.9 Å². The first-order valence-electron chi connectivity index (χ1n) is 9.80. The van der Waals surface area contributed by atoms with E-state index in [0.717, 1.165) is 26.2 Å². The van der Waals surface area contributed by atoms with Crippen LogP contribution in [0.2, 0.25) is 0 Å². The molecule has 3 rings (SSSR count). The maximum atomic E-state index is 12.4. The van der Waals surface area contributed by atoms with E-state index in [9.17, 15) is 9.59 Å². The average Bonchev–Trinajstić information content (AvgIpc) is 2.73. The number of urea groups is 1. The molecule has 2 aromatic carbocycles. The fourth-order valence-electron chi connectivity index (χ4n) is 3.72. The number of benzene rings is 2. The van der Waals surface area contributed by atoms with Gasteiger partial charge in [0.15, 0.2) is 0 Å². The van der Waals surface area contributed by atoms with Crippen LogP contribution in [0.4, 0.5) is 4.79 Å². The number of hydrogen-bond acceptors (Lipinski definition) is 3. The van der Waals surface area contributed by atoms with E-state index >= 15 is 0 Å². The number of primary amides is 1. The lowest BCUT2D eigenvalue weighted by Crippen LogP contribution is -2.50. The van der Waals surface area contributed by atoms with Gasteiger partial charge in [-0.2, -0.15) is 0 Å². The summed E-state index contributed by atoms with van der Waals surface area (Å²) < 4.78 is 0. The van der Waals surface area contributed by atoms with Gasteiger partial charge < -0.3 is 16.0 Å². The van der Waals surface area contributed by atoms with E-state index in [2.05, 4.69) is 58.7 Å². The normalized spacial score (nSPS) is 14.8. The molecule has 1 aliphatic heterocycles. The van der Waals surface area contributed by atoms with E-state index in [1.807, 2.05) is 17.0 Å². The van der Waals surface area contributed by atoms with Crippen LogP contribution in [-0.4, -0.2) is 54.5 Å². The molecule has 0 saturated carbocycles. The van der Waals surface area contributed by atoms with Crippen molar-refractivity contribution in [2.75, 3.05) is 32.7 Å². The monoisotopic (exact) mass is 380 g/mol. The van der Waals surface area contributed by atoms with Crippen LogP contribution >= 0.6 is 0 Å². The minimum atomic E-state index is -0.547. The van der Waals surface area contributed by atoms with Crippen molar-refractivity contribution < 1.29 is 9.59 Å². The molecule has 0 spiro atoms. The highest BCUT2D eigenvalue weighted by Crippen LogP contribution is 2.29. The van der Waals surface area contributed by atoms with Crippen molar-refractivity contribution in [3.63, 3.8) is 0 Å². The number of amides is 3. The molecule has 1 aliphatic rings. The second-order valence-electron chi connectivity index (χ2n) is 7.04. The standard InChI is InChI=1S/C22H28N4O2/c23-22(28)24-13-7-12-20(27)25-14-16-26(17-15-25)21(18-8-3-1-4-9-18)19-10-5-2-6-11-19/h1-6,8-11,21H,7,12-17H2,(H3,23,24,28). The van der Waals surface area contributed by atoms with Gasteiger partial charge in [0.25, 0.3) is 0 Å². The molecule has 1 heterocycles. The highest BCUT2D eigenvalue weighted by Gasteiger charge is 2.27. The predicted octanol–water partition coefficient (Wildman–Crippen LogP) is 2.37. The van der Waals surface area contributed by atoms with Crippen LogP contribution in [0.15, 0.2) is 60.7 Å². The van der Waals surface area contributed by atoms with Crippen molar-refractivity contribution in [2.45, 2.75) is 18.9 Å². The van der Waals surface area contributed by atoms with E-state index < -0.39 is 6.03 Å². The maximum Gasteiger partial charge on any atom is 0.312 e. The highest BCUT2D eigenvalue weighted by atomic mass is 16.2. The molecular weight excluding hydrogens is 352 g/mol. The number of hydrogen-bond donors (Lipinski definition) is 2. The summed E-state index contributed by atoms with van der Waals surface area (Å²) in [5.41, 5.74) is 7.58. The quantitative estimate of drug-likeness (QED) is 0.724. The molecule has 0 aliphatic carbocycles. The summed E-state index contributed by atoms with van der Waals surface area (Å²) in [5.74, 6) is 0.141. The molecule has 0 atom stereocenters. The number of rotatable bonds is 7. The zero-order valence-corrected chi connectivity index (χ0v) is 16.1. The Bertz CT molecular complexity index is 719. The van der Waals surface area contributed by atoms with Crippen molar-refractivity contribution in [1.82, 2.24) is 15.1 Å². The van der Waals surface area contributed by atoms with Crippen LogP contribution in [0.3, 0.4) is 0 Å². The number of piperazine rings is 1. The SMILES string of the molecule is NC(=O)NCCCC(=O)N1CCN(C(c2ccccc2)c2ccccc2)CC1. The van der Waals surface area contributed by atoms with Crippen molar-refractivity contribution in [2.24, 2.45) is 5.73 Å². The number of carbonyl (C=O) groups is 2. The molecule has 148 valence electrons. The summed E-state index contributed by atoms with van der Waals surface area (Å²) >= 11 is 0. The molecule has 0 aromatic heterocycles. The lowest BCUT2D eigenvalue weighted by molar-refractivity contribution is -0.133. The Morgan fingerprint density at radius 2 is 1.43 bits per heavy atom. The van der Waals surface area contributed by atoms with Crippen LogP contribution in [0.25, 0.3) is 0 Å². The van der Waals surface area contributed by atoms with Crippen LogP contribution in [0.1, 0.15) is 30.0 Å². The number of nitrogens with two attached hydrogens (primary N) is 1. The average molecular weight is 380 g/mol. The third-order valence-corrected chi connectivity index (χ3v) is 5.13. The van der Waals surface area contributed by atoms with Gasteiger partial charge in [0.1, 0.15) is 0 Å². The Hall–Kier alpha value is -2.86. The number of nitrogens with one attached hydrogen (secondary N) is 1. The topological polar surface area (TPSA) is 78.7 Å². The first-order valence-corrected chi connectivity index (χ1v) is 9.80. The molecular formula is C22H28N4O2. The van der Waals surface area contributed by atoms with Crippen LogP contribution in [0.5, 0.6) is 0 Å². The van der Waals surface area contributed by atoms with Crippen molar-refractivity contribution in [3.05, 3.63) is 71.8 Å². The number of carbonyl (C=O) groups excluding carboxylic acids is 2. The van der Waals surface area contributed by atoms with E-state index in [-0.39, 0.29) is 11.9 Å². The van der Waals surface area contributed by atoms with E-state index in [1.165, 1.54) is 11.1 Å². The van der Waals surface area contributed by atoms with Gasteiger partial charge in [-0.25, -0.2) is 4.79 Å². The molecule has 0 radical (unpaired) electrons. The molecule has 1 fully saturated rings. The Morgan fingerprint density at radius 1 is 0.893 bits per heavy atom. The summed E-state index contributed by atoms with van der Waals surface area (Å²) in [6, 6.07) is 20.7. The smallest absolute Gasteiger partial charge is 0.312 e. The van der Waals surface area contributed by atoms with Crippen LogP contribution in [-0.2, 0) is 4.79 Å². The molecule has 28 heavy (non-hydrogen) atoms. The molecule has 0 bridgehead atoms. The first kappa shape index (κ1) is 19.9. The Balaban J connectivity index is 1.60. The highest BCUT2D eigenvalue weighted by molar-refractivity contribution is 5.76. The fourth-order valence-corrected chi connectivity index (χ4v) is 3.72. The largest absolute Gasteiger partial charge is 0.352 e. The summed E-state index contributed by atoms with van der Waals surface area (Å²) in [6.45, 7) is 3.54. The third kappa shape index (κ3) is 5.33. The van der Waals surface area contributed by atoms with Crippen LogP contribution < -0.4 is 11.1 Å². The summed E-state index contributed by atoms with van der Waals surface area (Å²) in [7, 11) is 0. The predicted molar refractivity (Wildman–Crippen MR) is 110 cm³/mol. The van der Waals surface area contributed by atoms with Gasteiger partial charge in [0.2, 0.25) is 5.91 Å². The number of nitrogens with zero attached hydrogens (tertiary/aromatic N) is 2. The first-order chi connectivity index (χ1) is 13.6. The lowest BCUT2D eigenvalue weighted by Gasteiger charge is -2.40. The van der Waals surface area contributed by atoms with Gasteiger partial charge in [0.05, 0.1) is 6.04 Å². The van der Waals surface area contributed by atoms with Crippen molar-refractivity contribution in [1.29, 1.82) is 0 Å². The maximum absolute atomic E-state index is 12.4. The molecule has 2 aromatic rings. The zero-order chi connectivity index (χ0) is 19.8. The van der Waals surface area contributed by atoms with Crippen LogP contribution in [0, 0.1) is 0 Å². The molecule has 1 saturated heterocycles. The van der Waals surface area contributed by atoms with Gasteiger partial charge in [-0.05, 0) is 17.5 Å². The molecule has 0 unspecified atom stereocenters. The third-order valence-electron chi connectivity index (χ3n) is 5.13. The summed E-state index contributed by atoms with van der Waals surface area (Å²) in [5, 5.41) is 2.52. The fraction of sp³-hybridized carbons (Fsp3) is 0.364. The Kier molecular flexibility index (Phi) is 7.03. The summed E-state index contributed by atoms with van der Waals surface area (Å²) in [4.78, 5) is 27.5. The summed E-state index contributed by atoms with van der Waals surface area (Å²) in [6.07, 6.45) is 1.04. The van der Waals surface area contributed by atoms with Gasteiger partial charge in [-0.15, -0.1) is 0 Å². The van der Waals surface area contributed by atoms with Crippen molar-refractivity contribution in [3.8, 4) is 0 Å². The second kappa shape index (κ2) is 9.90. The Labute approximate surface area is 166 Å².